The number of nitrogens with one attached hydrogen (secondary N) is 2. The minimum atomic E-state index is -1.05. The number of rotatable bonds is 7. The molecule has 1 heterocycles. The van der Waals surface area contributed by atoms with Gasteiger partial charge < -0.3 is 16.0 Å². The fourth-order valence-electron chi connectivity index (χ4n) is 3.56. The van der Waals surface area contributed by atoms with Gasteiger partial charge in [-0.2, -0.15) is 0 Å². The van der Waals surface area contributed by atoms with Crippen LogP contribution in [0.1, 0.15) is 32.3 Å². The summed E-state index contributed by atoms with van der Waals surface area (Å²) in [6.07, 6.45) is 1.95. The van der Waals surface area contributed by atoms with Gasteiger partial charge in [-0.15, -0.1) is 0 Å². The van der Waals surface area contributed by atoms with E-state index in [1.54, 1.807) is 37.9 Å². The molecule has 0 radical (unpaired) electrons. The SMILES string of the molecule is CN(C)NC(=O)C1(Cc2ccccc2)CCCN(C(=O)CNC(=O)C(C)(C)N)C1. The van der Waals surface area contributed by atoms with Crippen molar-refractivity contribution in [3.05, 3.63) is 35.9 Å². The molecule has 4 N–H and O–H groups in total. The van der Waals surface area contributed by atoms with E-state index in [0.717, 1.165) is 12.0 Å². The molecule has 1 aromatic carbocycles. The first-order chi connectivity index (χ1) is 13.5. The van der Waals surface area contributed by atoms with Crippen LogP contribution in [0.15, 0.2) is 30.3 Å². The first kappa shape index (κ1) is 22.8. The normalized spacial score (nSPS) is 19.7. The van der Waals surface area contributed by atoms with Crippen LogP contribution in [0.5, 0.6) is 0 Å². The predicted molar refractivity (Wildman–Crippen MR) is 111 cm³/mol. The van der Waals surface area contributed by atoms with Gasteiger partial charge in [-0.05, 0) is 38.7 Å². The average Bonchev–Trinajstić information content (AvgIpc) is 2.65. The van der Waals surface area contributed by atoms with Gasteiger partial charge in [0.2, 0.25) is 17.7 Å². The molecule has 8 nitrogen and oxygen atoms in total. The van der Waals surface area contributed by atoms with Gasteiger partial charge in [0, 0.05) is 27.2 Å². The highest BCUT2D eigenvalue weighted by Crippen LogP contribution is 2.34. The zero-order valence-electron chi connectivity index (χ0n) is 17.8. The molecule has 160 valence electrons. The number of benzene rings is 1. The lowest BCUT2D eigenvalue weighted by atomic mass is 9.74. The zero-order valence-corrected chi connectivity index (χ0v) is 17.8. The van der Waals surface area contributed by atoms with E-state index >= 15 is 0 Å². The summed E-state index contributed by atoms with van der Waals surface area (Å²) < 4.78 is 0. The Balaban J connectivity index is 2.16. The van der Waals surface area contributed by atoms with Gasteiger partial charge in [-0.1, -0.05) is 30.3 Å². The molecule has 1 aliphatic heterocycles. The molecule has 1 unspecified atom stereocenters. The third kappa shape index (κ3) is 6.27. The Morgan fingerprint density at radius 1 is 1.21 bits per heavy atom. The Labute approximate surface area is 172 Å². The summed E-state index contributed by atoms with van der Waals surface area (Å²) in [6, 6.07) is 9.82. The monoisotopic (exact) mass is 403 g/mol. The summed E-state index contributed by atoms with van der Waals surface area (Å²) >= 11 is 0. The summed E-state index contributed by atoms with van der Waals surface area (Å²) in [5, 5.41) is 4.22. The molecule has 0 bridgehead atoms. The minimum absolute atomic E-state index is 0.101. The molecule has 1 aliphatic rings. The standard InChI is InChI=1S/C21H33N5O3/c1-20(2,22)18(28)23-14-17(27)26-12-8-11-21(15-26,19(29)24-25(3)4)13-16-9-6-5-7-10-16/h5-7,9-10H,8,11-15,22H2,1-4H3,(H,23,28)(H,24,29). The number of amides is 3. The van der Waals surface area contributed by atoms with Crippen molar-refractivity contribution in [2.24, 2.45) is 11.1 Å². The number of piperidine rings is 1. The van der Waals surface area contributed by atoms with Gasteiger partial charge in [0.25, 0.3) is 0 Å². The number of nitrogens with zero attached hydrogens (tertiary/aromatic N) is 2. The fourth-order valence-corrected chi connectivity index (χ4v) is 3.56. The van der Waals surface area contributed by atoms with E-state index in [4.69, 9.17) is 5.73 Å². The molecule has 8 heteroatoms. The van der Waals surface area contributed by atoms with Crippen molar-refractivity contribution in [1.82, 2.24) is 20.7 Å². The van der Waals surface area contributed by atoms with Gasteiger partial charge in [0.05, 0.1) is 17.5 Å². The largest absolute Gasteiger partial charge is 0.345 e. The van der Waals surface area contributed by atoms with E-state index in [1.165, 1.54) is 0 Å². The summed E-state index contributed by atoms with van der Waals surface area (Å²) in [5.74, 6) is -0.697. The van der Waals surface area contributed by atoms with Crippen LogP contribution >= 0.6 is 0 Å². The van der Waals surface area contributed by atoms with E-state index in [9.17, 15) is 14.4 Å². The highest BCUT2D eigenvalue weighted by molar-refractivity contribution is 5.90. The van der Waals surface area contributed by atoms with E-state index in [0.29, 0.717) is 25.9 Å². The Morgan fingerprint density at radius 3 is 2.45 bits per heavy atom. The van der Waals surface area contributed by atoms with Crippen molar-refractivity contribution >= 4 is 17.7 Å². The van der Waals surface area contributed by atoms with Crippen LogP contribution in [-0.2, 0) is 20.8 Å². The lowest BCUT2D eigenvalue weighted by molar-refractivity contribution is -0.144. The molecule has 0 aromatic heterocycles. The van der Waals surface area contributed by atoms with Crippen molar-refractivity contribution in [1.29, 1.82) is 0 Å². The van der Waals surface area contributed by atoms with Crippen molar-refractivity contribution in [2.75, 3.05) is 33.7 Å². The molecule has 2 rings (SSSR count). The average molecular weight is 404 g/mol. The highest BCUT2D eigenvalue weighted by Gasteiger charge is 2.43. The molecule has 0 spiro atoms. The lowest BCUT2D eigenvalue weighted by Gasteiger charge is -2.42. The number of carbonyl (C=O) groups excluding carboxylic acids is 3. The maximum absolute atomic E-state index is 13.1. The van der Waals surface area contributed by atoms with Crippen LogP contribution < -0.4 is 16.5 Å². The first-order valence-corrected chi connectivity index (χ1v) is 9.91. The number of hydrogen-bond donors (Lipinski definition) is 3. The van der Waals surface area contributed by atoms with Gasteiger partial charge in [0.1, 0.15) is 0 Å². The van der Waals surface area contributed by atoms with Crippen LogP contribution in [0.25, 0.3) is 0 Å². The molecule has 0 aliphatic carbocycles. The lowest BCUT2D eigenvalue weighted by Crippen LogP contribution is -2.58. The smallest absolute Gasteiger partial charge is 0.242 e. The number of carbonyl (C=O) groups is 3. The van der Waals surface area contributed by atoms with E-state index in [1.807, 2.05) is 30.3 Å². The van der Waals surface area contributed by atoms with E-state index < -0.39 is 11.0 Å². The second-order valence-electron chi connectivity index (χ2n) is 8.60. The minimum Gasteiger partial charge on any atom is -0.345 e. The zero-order chi connectivity index (χ0) is 21.7. The number of hydrazine groups is 1. The number of nitrogens with two attached hydrogens (primary N) is 1. The molecule has 1 aromatic rings. The summed E-state index contributed by atoms with van der Waals surface area (Å²) in [5.41, 5.74) is 7.91. The van der Waals surface area contributed by atoms with Crippen molar-refractivity contribution < 1.29 is 14.4 Å². The Morgan fingerprint density at radius 2 is 1.86 bits per heavy atom. The second kappa shape index (κ2) is 9.37. The van der Waals surface area contributed by atoms with E-state index in [2.05, 4.69) is 10.7 Å². The van der Waals surface area contributed by atoms with Gasteiger partial charge in [0.15, 0.2) is 0 Å². The third-order valence-electron chi connectivity index (χ3n) is 5.11. The van der Waals surface area contributed by atoms with Crippen molar-refractivity contribution in [3.8, 4) is 0 Å². The second-order valence-corrected chi connectivity index (χ2v) is 8.60. The van der Waals surface area contributed by atoms with Gasteiger partial charge in [-0.3, -0.25) is 19.8 Å². The van der Waals surface area contributed by atoms with Gasteiger partial charge >= 0.3 is 0 Å². The Bertz CT molecular complexity index is 730. The molecule has 3 amide bonds. The quantitative estimate of drug-likeness (QED) is 0.567. The highest BCUT2D eigenvalue weighted by atomic mass is 16.2. The van der Waals surface area contributed by atoms with Crippen LogP contribution in [-0.4, -0.2) is 66.9 Å². The maximum Gasteiger partial charge on any atom is 0.242 e. The Hall–Kier alpha value is -2.45. The summed E-state index contributed by atoms with van der Waals surface area (Å²) in [6.45, 7) is 3.92. The third-order valence-corrected chi connectivity index (χ3v) is 5.11. The molecule has 1 fully saturated rings. The molecule has 0 saturated carbocycles. The number of likely N-dealkylation sites (tertiary alicyclic amines) is 1. The first-order valence-electron chi connectivity index (χ1n) is 9.91. The van der Waals surface area contributed by atoms with Crippen molar-refractivity contribution in [2.45, 2.75) is 38.6 Å². The van der Waals surface area contributed by atoms with Crippen molar-refractivity contribution in [3.63, 3.8) is 0 Å². The van der Waals surface area contributed by atoms with Crippen LogP contribution in [0.2, 0.25) is 0 Å². The van der Waals surface area contributed by atoms with Gasteiger partial charge in [-0.25, -0.2) is 5.01 Å². The number of hydrogen-bond acceptors (Lipinski definition) is 5. The summed E-state index contributed by atoms with van der Waals surface area (Å²) in [4.78, 5) is 39.5. The molecule has 1 saturated heterocycles. The predicted octanol–water partition coefficient (Wildman–Crippen LogP) is 0.284. The molecular formula is C21H33N5O3. The van der Waals surface area contributed by atoms with E-state index in [-0.39, 0.29) is 24.3 Å². The molecule has 29 heavy (non-hydrogen) atoms. The fraction of sp³-hybridized carbons (Fsp3) is 0.571. The molecule has 1 atom stereocenters. The topological polar surface area (TPSA) is 108 Å². The molecular weight excluding hydrogens is 370 g/mol. The van der Waals surface area contributed by atoms with Crippen LogP contribution in [0.4, 0.5) is 0 Å². The summed E-state index contributed by atoms with van der Waals surface area (Å²) in [7, 11) is 3.54. The van der Waals surface area contributed by atoms with Crippen LogP contribution in [0.3, 0.4) is 0 Å². The Kier molecular flexibility index (Phi) is 7.37. The maximum atomic E-state index is 13.1. The van der Waals surface area contributed by atoms with Crippen LogP contribution in [0, 0.1) is 5.41 Å².